The molecule has 0 bridgehead atoms. The van der Waals surface area contributed by atoms with E-state index in [4.69, 9.17) is 0 Å². The molecule has 58 valence electrons. The van der Waals surface area contributed by atoms with Crippen LogP contribution in [0.15, 0.2) is 12.4 Å². The average molecular weight is 152 g/mol. The molecule has 0 saturated carbocycles. The summed E-state index contributed by atoms with van der Waals surface area (Å²) in [5.74, 6) is 0.741. The number of hydrazine groups is 3. The first-order chi connectivity index (χ1) is 5.47. The van der Waals surface area contributed by atoms with Crippen molar-refractivity contribution in [3.05, 3.63) is 18.1 Å². The number of aromatic nitrogens is 2. The topological polar surface area (TPSA) is 73.9 Å². The number of nitrogens with zero attached hydrogens (tertiary/aromatic N) is 2. The van der Waals surface area contributed by atoms with Crippen molar-refractivity contribution in [3.63, 3.8) is 0 Å². The molecule has 1 aromatic rings. The van der Waals surface area contributed by atoms with Crippen LogP contribution in [0.4, 0.5) is 5.82 Å². The molecule has 1 aromatic heterocycles. The fourth-order valence-electron chi connectivity index (χ4n) is 0.863. The van der Waals surface area contributed by atoms with Gasteiger partial charge in [0, 0.05) is 12.4 Å². The zero-order chi connectivity index (χ0) is 7.52. The smallest absolute Gasteiger partial charge is 0.164 e. The van der Waals surface area contributed by atoms with Crippen molar-refractivity contribution in [3.8, 4) is 0 Å². The summed E-state index contributed by atoms with van der Waals surface area (Å²) in [7, 11) is 0. The molecule has 6 heteroatoms. The monoisotopic (exact) mass is 152 g/mol. The van der Waals surface area contributed by atoms with Crippen LogP contribution >= 0.6 is 0 Å². The molecule has 6 nitrogen and oxygen atoms in total. The van der Waals surface area contributed by atoms with E-state index in [1.165, 1.54) is 0 Å². The van der Waals surface area contributed by atoms with Crippen molar-refractivity contribution in [1.29, 1.82) is 0 Å². The van der Waals surface area contributed by atoms with E-state index < -0.39 is 0 Å². The van der Waals surface area contributed by atoms with Crippen LogP contribution in [0.2, 0.25) is 0 Å². The maximum atomic E-state index is 4.11. The van der Waals surface area contributed by atoms with Gasteiger partial charge >= 0.3 is 0 Å². The number of hydrogen-bond donors (Lipinski definition) is 4. The Balaban J connectivity index is 2.33. The minimum absolute atomic E-state index is 0.642. The molecule has 0 fully saturated rings. The molecule has 0 saturated heterocycles. The fourth-order valence-corrected chi connectivity index (χ4v) is 0.863. The minimum Gasteiger partial charge on any atom is -0.290 e. The van der Waals surface area contributed by atoms with Crippen molar-refractivity contribution < 1.29 is 0 Å². The van der Waals surface area contributed by atoms with Crippen LogP contribution in [0, 0.1) is 0 Å². The number of rotatable bonds is 0. The first-order valence-corrected chi connectivity index (χ1v) is 3.25. The predicted molar refractivity (Wildman–Crippen MR) is 38.8 cm³/mol. The van der Waals surface area contributed by atoms with Gasteiger partial charge in [0.1, 0.15) is 0 Å². The van der Waals surface area contributed by atoms with E-state index in [-0.39, 0.29) is 0 Å². The Labute approximate surface area is 63.3 Å². The zero-order valence-electron chi connectivity index (χ0n) is 5.76. The summed E-state index contributed by atoms with van der Waals surface area (Å²) in [4.78, 5) is 8.17. The van der Waals surface area contributed by atoms with E-state index in [2.05, 4.69) is 31.9 Å². The second-order valence-electron chi connectivity index (χ2n) is 2.08. The first-order valence-electron chi connectivity index (χ1n) is 3.25. The highest BCUT2D eigenvalue weighted by atomic mass is 15.7. The van der Waals surface area contributed by atoms with Crippen LogP contribution in [-0.4, -0.2) is 9.97 Å². The van der Waals surface area contributed by atoms with Gasteiger partial charge < -0.3 is 0 Å². The van der Waals surface area contributed by atoms with Gasteiger partial charge in [0.15, 0.2) is 5.82 Å². The van der Waals surface area contributed by atoms with Gasteiger partial charge in [-0.25, -0.2) is 10.4 Å². The van der Waals surface area contributed by atoms with Crippen LogP contribution in [0.25, 0.3) is 0 Å². The van der Waals surface area contributed by atoms with E-state index in [0.29, 0.717) is 6.54 Å². The van der Waals surface area contributed by atoms with Gasteiger partial charge in [0.05, 0.1) is 12.2 Å². The molecule has 0 atom stereocenters. The SMILES string of the molecule is c1cnc2c(n1)CNNNN2. The molecule has 4 N–H and O–H groups in total. The second-order valence-corrected chi connectivity index (χ2v) is 2.08. The van der Waals surface area contributed by atoms with Crippen LogP contribution in [0.3, 0.4) is 0 Å². The standard InChI is InChI=1S/C5H8N6/c1-2-7-5-4(6-1)3-8-10-11-9-5/h1-2,8,10-11H,3H2,(H,7,9). The summed E-state index contributed by atoms with van der Waals surface area (Å²) in [5, 5.41) is 0. The third-order valence-corrected chi connectivity index (χ3v) is 1.36. The van der Waals surface area contributed by atoms with Gasteiger partial charge in [-0.05, 0) is 0 Å². The molecule has 0 radical (unpaired) electrons. The highest BCUT2D eigenvalue weighted by Gasteiger charge is 2.05. The highest BCUT2D eigenvalue weighted by Crippen LogP contribution is 2.06. The first kappa shape index (κ1) is 6.47. The maximum Gasteiger partial charge on any atom is 0.164 e. The van der Waals surface area contributed by atoms with E-state index in [9.17, 15) is 0 Å². The van der Waals surface area contributed by atoms with E-state index >= 15 is 0 Å². The van der Waals surface area contributed by atoms with E-state index in [1.54, 1.807) is 12.4 Å². The van der Waals surface area contributed by atoms with Gasteiger partial charge in [-0.2, -0.15) is 11.1 Å². The molecule has 2 rings (SSSR count). The Hall–Kier alpha value is -1.24. The summed E-state index contributed by atoms with van der Waals surface area (Å²) in [6.45, 7) is 0.642. The van der Waals surface area contributed by atoms with Gasteiger partial charge in [-0.1, -0.05) is 0 Å². The quantitative estimate of drug-likeness (QED) is 0.379. The molecule has 0 amide bonds. The Morgan fingerprint density at radius 1 is 1.18 bits per heavy atom. The lowest BCUT2D eigenvalue weighted by Gasteiger charge is -2.02. The molecule has 11 heavy (non-hydrogen) atoms. The van der Waals surface area contributed by atoms with Crippen molar-refractivity contribution in [2.24, 2.45) is 0 Å². The van der Waals surface area contributed by atoms with Crippen LogP contribution in [0.5, 0.6) is 0 Å². The molecule has 1 aliphatic heterocycles. The van der Waals surface area contributed by atoms with Crippen molar-refractivity contribution in [2.75, 3.05) is 5.43 Å². The van der Waals surface area contributed by atoms with Gasteiger partial charge in [0.25, 0.3) is 0 Å². The average Bonchev–Trinajstić information content (AvgIpc) is 2.28. The summed E-state index contributed by atoms with van der Waals surface area (Å²) in [5.41, 5.74) is 12.0. The Morgan fingerprint density at radius 2 is 2.09 bits per heavy atom. The van der Waals surface area contributed by atoms with Crippen molar-refractivity contribution >= 4 is 5.82 Å². The second kappa shape index (κ2) is 2.79. The summed E-state index contributed by atoms with van der Waals surface area (Å²) >= 11 is 0. The van der Waals surface area contributed by atoms with Crippen LogP contribution < -0.4 is 21.9 Å². The van der Waals surface area contributed by atoms with Crippen LogP contribution in [-0.2, 0) is 6.54 Å². The van der Waals surface area contributed by atoms with E-state index in [1.807, 2.05) is 0 Å². The number of nitrogens with one attached hydrogen (secondary N) is 4. The number of hydrogen-bond acceptors (Lipinski definition) is 6. The molecule has 0 spiro atoms. The minimum atomic E-state index is 0.642. The number of fused-ring (bicyclic) bond motifs is 1. The van der Waals surface area contributed by atoms with Gasteiger partial charge in [-0.15, -0.1) is 0 Å². The largest absolute Gasteiger partial charge is 0.290 e. The molecule has 0 aromatic carbocycles. The van der Waals surface area contributed by atoms with Crippen molar-refractivity contribution in [2.45, 2.75) is 6.54 Å². The summed E-state index contributed by atoms with van der Waals surface area (Å²) in [6, 6.07) is 0. The third kappa shape index (κ3) is 1.27. The normalized spacial score (nSPS) is 16.4. The van der Waals surface area contributed by atoms with E-state index in [0.717, 1.165) is 11.5 Å². The van der Waals surface area contributed by atoms with Gasteiger partial charge in [-0.3, -0.25) is 10.4 Å². The zero-order valence-corrected chi connectivity index (χ0v) is 5.76. The molecular formula is C5H8N6. The fraction of sp³-hybridized carbons (Fsp3) is 0.200. The summed E-state index contributed by atoms with van der Waals surface area (Å²) < 4.78 is 0. The molecule has 2 heterocycles. The predicted octanol–water partition coefficient (Wildman–Crippen LogP) is -1.08. The molecular weight excluding hydrogens is 144 g/mol. The number of anilines is 1. The highest BCUT2D eigenvalue weighted by molar-refractivity contribution is 5.38. The Kier molecular flexibility index (Phi) is 1.64. The van der Waals surface area contributed by atoms with Crippen molar-refractivity contribution in [1.82, 2.24) is 26.5 Å². The van der Waals surface area contributed by atoms with Gasteiger partial charge in [0.2, 0.25) is 0 Å². The lowest BCUT2D eigenvalue weighted by molar-refractivity contribution is 0.476. The summed E-state index contributed by atoms with van der Waals surface area (Å²) in [6.07, 6.45) is 3.30. The lowest BCUT2D eigenvalue weighted by Crippen LogP contribution is -2.43. The molecule has 0 aliphatic carbocycles. The third-order valence-electron chi connectivity index (χ3n) is 1.36. The Morgan fingerprint density at radius 3 is 3.09 bits per heavy atom. The molecule has 1 aliphatic rings. The lowest BCUT2D eigenvalue weighted by atomic mass is 10.4. The molecule has 0 unspecified atom stereocenters. The van der Waals surface area contributed by atoms with Crippen LogP contribution in [0.1, 0.15) is 5.69 Å². The Bertz CT molecular complexity index is 223. The maximum absolute atomic E-state index is 4.11.